The third-order valence-corrected chi connectivity index (χ3v) is 4.06. The predicted octanol–water partition coefficient (Wildman–Crippen LogP) is 3.89. The van der Waals surface area contributed by atoms with Crippen LogP contribution in [0.4, 0.5) is 20.2 Å². The molecule has 5 heteroatoms. The highest BCUT2D eigenvalue weighted by atomic mass is 19.1. The number of amides is 1. The average Bonchev–Trinajstić information content (AvgIpc) is 2.97. The van der Waals surface area contributed by atoms with Gasteiger partial charge in [0.1, 0.15) is 17.7 Å². The van der Waals surface area contributed by atoms with Gasteiger partial charge in [0, 0.05) is 11.8 Å². The van der Waals surface area contributed by atoms with Crippen molar-refractivity contribution in [3.05, 3.63) is 59.2 Å². The summed E-state index contributed by atoms with van der Waals surface area (Å²) in [5.74, 6) is -1.84. The van der Waals surface area contributed by atoms with Crippen LogP contribution in [0.25, 0.3) is 0 Å². The van der Waals surface area contributed by atoms with Gasteiger partial charge in [-0.2, -0.15) is 0 Å². The Morgan fingerprint density at radius 3 is 2.65 bits per heavy atom. The van der Waals surface area contributed by atoms with Crippen molar-refractivity contribution in [2.45, 2.75) is 32.2 Å². The molecule has 2 N–H and O–H groups in total. The molecule has 3 rings (SSSR count). The van der Waals surface area contributed by atoms with Crippen LogP contribution < -0.4 is 10.6 Å². The lowest BCUT2D eigenvalue weighted by molar-refractivity contribution is -0.116. The van der Waals surface area contributed by atoms with Gasteiger partial charge in [0.05, 0.1) is 5.69 Å². The monoisotopic (exact) mass is 316 g/mol. The quantitative estimate of drug-likeness (QED) is 0.898. The summed E-state index contributed by atoms with van der Waals surface area (Å²) in [6.45, 7) is 1.70. The van der Waals surface area contributed by atoms with Gasteiger partial charge in [-0.15, -0.1) is 0 Å². The van der Waals surface area contributed by atoms with Gasteiger partial charge >= 0.3 is 0 Å². The van der Waals surface area contributed by atoms with Gasteiger partial charge in [-0.1, -0.05) is 6.07 Å². The molecule has 1 aliphatic carbocycles. The first kappa shape index (κ1) is 15.5. The summed E-state index contributed by atoms with van der Waals surface area (Å²) >= 11 is 0. The third-order valence-electron chi connectivity index (χ3n) is 4.06. The van der Waals surface area contributed by atoms with Gasteiger partial charge < -0.3 is 10.6 Å². The fourth-order valence-corrected chi connectivity index (χ4v) is 2.81. The van der Waals surface area contributed by atoms with E-state index >= 15 is 0 Å². The van der Waals surface area contributed by atoms with Crippen molar-refractivity contribution < 1.29 is 13.6 Å². The molecule has 1 atom stereocenters. The Balaban J connectivity index is 1.65. The molecule has 0 bridgehead atoms. The first-order chi connectivity index (χ1) is 11.0. The first-order valence-electron chi connectivity index (χ1n) is 7.67. The Morgan fingerprint density at radius 2 is 1.87 bits per heavy atom. The van der Waals surface area contributed by atoms with Gasteiger partial charge in [0.15, 0.2) is 0 Å². The van der Waals surface area contributed by atoms with E-state index in [1.807, 2.05) is 6.07 Å². The van der Waals surface area contributed by atoms with E-state index < -0.39 is 17.7 Å². The summed E-state index contributed by atoms with van der Waals surface area (Å²) in [5, 5.41) is 5.58. The zero-order valence-electron chi connectivity index (χ0n) is 12.8. The predicted molar refractivity (Wildman–Crippen MR) is 86.5 cm³/mol. The molecule has 2 aromatic carbocycles. The Bertz CT molecular complexity index is 746. The van der Waals surface area contributed by atoms with Gasteiger partial charge in [0.2, 0.25) is 5.91 Å². The molecule has 0 saturated heterocycles. The van der Waals surface area contributed by atoms with Gasteiger partial charge in [-0.25, -0.2) is 8.78 Å². The Morgan fingerprint density at radius 1 is 1.09 bits per heavy atom. The highest BCUT2D eigenvalue weighted by Crippen LogP contribution is 2.25. The first-order valence-corrected chi connectivity index (χ1v) is 7.67. The van der Waals surface area contributed by atoms with Crippen LogP contribution in [0.15, 0.2) is 36.4 Å². The summed E-state index contributed by atoms with van der Waals surface area (Å²) in [5.41, 5.74) is 3.51. The van der Waals surface area contributed by atoms with E-state index in [-0.39, 0.29) is 11.6 Å². The maximum Gasteiger partial charge on any atom is 0.246 e. The van der Waals surface area contributed by atoms with Crippen molar-refractivity contribution >= 4 is 17.3 Å². The molecule has 3 nitrogen and oxygen atoms in total. The highest BCUT2D eigenvalue weighted by molar-refractivity contribution is 5.96. The number of hydrogen-bond donors (Lipinski definition) is 2. The van der Waals surface area contributed by atoms with Crippen molar-refractivity contribution in [2.24, 2.45) is 0 Å². The lowest BCUT2D eigenvalue weighted by Gasteiger charge is -2.16. The molecule has 1 amide bonds. The molecule has 2 aromatic rings. The topological polar surface area (TPSA) is 41.1 Å². The molecule has 0 aliphatic heterocycles. The Hall–Kier alpha value is -2.43. The zero-order valence-corrected chi connectivity index (χ0v) is 12.8. The van der Waals surface area contributed by atoms with Crippen LogP contribution in [0.1, 0.15) is 24.5 Å². The molecular weight excluding hydrogens is 298 g/mol. The molecular formula is C18H18F2N2O. The van der Waals surface area contributed by atoms with Crippen LogP contribution in [-0.2, 0) is 17.6 Å². The molecule has 0 radical (unpaired) electrons. The second kappa shape index (κ2) is 6.36. The molecule has 1 aliphatic rings. The molecule has 0 aromatic heterocycles. The fourth-order valence-electron chi connectivity index (χ4n) is 2.81. The molecule has 0 heterocycles. The van der Waals surface area contributed by atoms with Crippen molar-refractivity contribution in [1.29, 1.82) is 0 Å². The van der Waals surface area contributed by atoms with Crippen LogP contribution in [0.3, 0.4) is 0 Å². The van der Waals surface area contributed by atoms with E-state index in [1.54, 1.807) is 6.92 Å². The maximum atomic E-state index is 13.6. The molecule has 0 unspecified atom stereocenters. The summed E-state index contributed by atoms with van der Waals surface area (Å²) in [4.78, 5) is 12.2. The lowest BCUT2D eigenvalue weighted by Crippen LogP contribution is -2.32. The normalized spacial score (nSPS) is 14.2. The van der Waals surface area contributed by atoms with E-state index in [0.29, 0.717) is 0 Å². The number of halogens is 2. The number of benzene rings is 2. The van der Waals surface area contributed by atoms with Crippen LogP contribution in [0.2, 0.25) is 0 Å². The van der Waals surface area contributed by atoms with E-state index in [9.17, 15) is 13.6 Å². The number of carbonyl (C=O) groups is 1. The van der Waals surface area contributed by atoms with Gasteiger partial charge in [0.25, 0.3) is 0 Å². The van der Waals surface area contributed by atoms with Crippen molar-refractivity contribution in [3.63, 3.8) is 0 Å². The number of aryl methyl sites for hydroxylation is 2. The van der Waals surface area contributed by atoms with E-state index in [2.05, 4.69) is 22.8 Å². The van der Waals surface area contributed by atoms with E-state index in [1.165, 1.54) is 23.6 Å². The summed E-state index contributed by atoms with van der Waals surface area (Å²) in [6, 6.07) is 8.61. The van der Waals surface area contributed by atoms with Gasteiger partial charge in [-0.05, 0) is 61.6 Å². The molecule has 0 fully saturated rings. The SMILES string of the molecule is C[C@H](Nc1ccc2c(c1)CCC2)C(=O)Nc1ccc(F)cc1F. The number of fused-ring (bicyclic) bond motifs is 1. The molecule has 0 spiro atoms. The van der Waals surface area contributed by atoms with Crippen LogP contribution >= 0.6 is 0 Å². The molecule has 0 saturated carbocycles. The van der Waals surface area contributed by atoms with Gasteiger partial charge in [-0.3, -0.25) is 4.79 Å². The number of anilines is 2. The largest absolute Gasteiger partial charge is 0.374 e. The van der Waals surface area contributed by atoms with Crippen molar-refractivity contribution in [1.82, 2.24) is 0 Å². The van der Waals surface area contributed by atoms with E-state index in [4.69, 9.17) is 0 Å². The summed E-state index contributed by atoms with van der Waals surface area (Å²) in [7, 11) is 0. The van der Waals surface area contributed by atoms with E-state index in [0.717, 1.165) is 30.7 Å². The molecule has 120 valence electrons. The lowest BCUT2D eigenvalue weighted by atomic mass is 10.1. The fraction of sp³-hybridized carbons (Fsp3) is 0.278. The Labute approximate surface area is 133 Å². The maximum absolute atomic E-state index is 13.6. The number of rotatable bonds is 4. The zero-order chi connectivity index (χ0) is 16.4. The minimum atomic E-state index is -0.789. The summed E-state index contributed by atoms with van der Waals surface area (Å²) < 4.78 is 26.5. The van der Waals surface area contributed by atoms with Crippen molar-refractivity contribution in [2.75, 3.05) is 10.6 Å². The minimum absolute atomic E-state index is 0.0287. The Kier molecular flexibility index (Phi) is 4.28. The molecule has 23 heavy (non-hydrogen) atoms. The number of hydrogen-bond acceptors (Lipinski definition) is 2. The van der Waals surface area contributed by atoms with Crippen LogP contribution in [0.5, 0.6) is 0 Å². The number of nitrogens with one attached hydrogen (secondary N) is 2. The second-order valence-corrected chi connectivity index (χ2v) is 5.82. The summed E-state index contributed by atoms with van der Waals surface area (Å²) in [6.07, 6.45) is 3.33. The van der Waals surface area contributed by atoms with Crippen LogP contribution in [0, 0.1) is 11.6 Å². The number of carbonyl (C=O) groups excluding carboxylic acids is 1. The average molecular weight is 316 g/mol. The highest BCUT2D eigenvalue weighted by Gasteiger charge is 2.16. The second-order valence-electron chi connectivity index (χ2n) is 5.82. The smallest absolute Gasteiger partial charge is 0.246 e. The van der Waals surface area contributed by atoms with Crippen molar-refractivity contribution in [3.8, 4) is 0 Å². The van der Waals surface area contributed by atoms with Crippen LogP contribution in [-0.4, -0.2) is 11.9 Å². The minimum Gasteiger partial charge on any atom is -0.374 e. The standard InChI is InChI=1S/C18H18F2N2O/c1-11(18(23)22-17-8-6-14(19)10-16(17)20)21-15-7-5-12-3-2-4-13(12)9-15/h5-11,21H,2-4H2,1H3,(H,22,23)/t11-/m0/s1. The third kappa shape index (κ3) is 3.50.